The standard InChI is InChI=1S/C11H22N2O3S.ClH/c1-9-6-13(7-10(2)12-9)17(14,15)11-4-3-5-16-8-11;/h9-12H,3-8H2,1-2H3;1H. The molecule has 1 N–H and O–H groups in total. The molecule has 0 saturated carbocycles. The first-order chi connectivity index (χ1) is 8.00. The van der Waals surface area contributed by atoms with Crippen LogP contribution < -0.4 is 5.32 Å². The van der Waals surface area contributed by atoms with Crippen LogP contribution in [0.4, 0.5) is 0 Å². The van der Waals surface area contributed by atoms with E-state index in [0.29, 0.717) is 26.3 Å². The molecule has 18 heavy (non-hydrogen) atoms. The number of halogens is 1. The molecule has 2 heterocycles. The van der Waals surface area contributed by atoms with Gasteiger partial charge >= 0.3 is 0 Å². The molecule has 5 nitrogen and oxygen atoms in total. The average molecular weight is 299 g/mol. The highest BCUT2D eigenvalue weighted by atomic mass is 35.5. The summed E-state index contributed by atoms with van der Waals surface area (Å²) in [6.45, 7) is 6.24. The van der Waals surface area contributed by atoms with Gasteiger partial charge in [0.05, 0.1) is 11.9 Å². The maximum absolute atomic E-state index is 12.4. The van der Waals surface area contributed by atoms with Gasteiger partial charge in [0.15, 0.2) is 0 Å². The molecule has 3 unspecified atom stereocenters. The first-order valence-corrected chi connectivity index (χ1v) is 7.83. The molecule has 0 spiro atoms. The third-order valence-electron chi connectivity index (χ3n) is 3.42. The maximum atomic E-state index is 12.4. The summed E-state index contributed by atoms with van der Waals surface area (Å²) < 4.78 is 31.8. The van der Waals surface area contributed by atoms with E-state index in [2.05, 4.69) is 5.32 Å². The van der Waals surface area contributed by atoms with Gasteiger partial charge in [-0.05, 0) is 26.7 Å². The first-order valence-electron chi connectivity index (χ1n) is 6.33. The van der Waals surface area contributed by atoms with E-state index in [-0.39, 0.29) is 29.7 Å². The van der Waals surface area contributed by atoms with E-state index in [0.717, 1.165) is 12.8 Å². The minimum Gasteiger partial charge on any atom is -0.380 e. The molecule has 2 aliphatic heterocycles. The van der Waals surface area contributed by atoms with Crippen LogP contribution in [-0.4, -0.2) is 56.4 Å². The lowest BCUT2D eigenvalue weighted by Gasteiger charge is -2.37. The summed E-state index contributed by atoms with van der Waals surface area (Å²) in [7, 11) is -3.18. The van der Waals surface area contributed by atoms with Crippen molar-refractivity contribution in [3.63, 3.8) is 0 Å². The molecule has 108 valence electrons. The predicted molar refractivity (Wildman–Crippen MR) is 73.6 cm³/mol. The van der Waals surface area contributed by atoms with Crippen molar-refractivity contribution in [1.82, 2.24) is 9.62 Å². The van der Waals surface area contributed by atoms with Crippen molar-refractivity contribution in [1.29, 1.82) is 0 Å². The summed E-state index contributed by atoms with van der Waals surface area (Å²) in [6, 6.07) is 0.441. The van der Waals surface area contributed by atoms with Crippen LogP contribution in [0.15, 0.2) is 0 Å². The molecule has 0 aromatic heterocycles. The molecule has 0 radical (unpaired) electrons. The van der Waals surface area contributed by atoms with E-state index < -0.39 is 10.0 Å². The number of hydrogen-bond acceptors (Lipinski definition) is 4. The Balaban J connectivity index is 0.00000162. The number of ether oxygens (including phenoxy) is 1. The van der Waals surface area contributed by atoms with Crippen LogP contribution >= 0.6 is 12.4 Å². The number of piperazine rings is 1. The van der Waals surface area contributed by atoms with E-state index in [4.69, 9.17) is 4.74 Å². The van der Waals surface area contributed by atoms with Gasteiger partial charge in [0.25, 0.3) is 0 Å². The van der Waals surface area contributed by atoms with E-state index in [1.54, 1.807) is 4.31 Å². The van der Waals surface area contributed by atoms with E-state index >= 15 is 0 Å². The van der Waals surface area contributed by atoms with Gasteiger partial charge in [0.1, 0.15) is 0 Å². The Bertz CT molecular complexity index is 347. The van der Waals surface area contributed by atoms with E-state index in [1.165, 1.54) is 0 Å². The quantitative estimate of drug-likeness (QED) is 0.811. The van der Waals surface area contributed by atoms with Gasteiger partial charge in [0.2, 0.25) is 10.0 Å². The highest BCUT2D eigenvalue weighted by Gasteiger charge is 2.36. The molecule has 2 saturated heterocycles. The number of nitrogens with zero attached hydrogens (tertiary/aromatic N) is 1. The SMILES string of the molecule is CC1CN(S(=O)(=O)C2CCCOC2)CC(C)N1.Cl. The Morgan fingerprint density at radius 3 is 2.33 bits per heavy atom. The first kappa shape index (κ1) is 16.2. The lowest BCUT2D eigenvalue weighted by molar-refractivity contribution is 0.0967. The second kappa shape index (κ2) is 6.52. The summed E-state index contributed by atoms with van der Waals surface area (Å²) in [5.74, 6) is 0. The second-order valence-corrected chi connectivity index (χ2v) is 7.38. The molecule has 0 aliphatic carbocycles. The highest BCUT2D eigenvalue weighted by molar-refractivity contribution is 7.89. The summed E-state index contributed by atoms with van der Waals surface area (Å²) in [5, 5.41) is 3.01. The van der Waals surface area contributed by atoms with Crippen LogP contribution in [0.3, 0.4) is 0 Å². The largest absolute Gasteiger partial charge is 0.380 e. The predicted octanol–water partition coefficient (Wildman–Crippen LogP) is 0.599. The maximum Gasteiger partial charge on any atom is 0.219 e. The second-order valence-electron chi connectivity index (χ2n) is 5.17. The Hall–Kier alpha value is 0.120. The molecule has 0 aromatic carbocycles. The Morgan fingerprint density at radius 2 is 1.83 bits per heavy atom. The monoisotopic (exact) mass is 298 g/mol. The van der Waals surface area contributed by atoms with Crippen LogP contribution in [-0.2, 0) is 14.8 Å². The third-order valence-corrected chi connectivity index (χ3v) is 5.66. The van der Waals surface area contributed by atoms with Crippen LogP contribution in [0.5, 0.6) is 0 Å². The van der Waals surface area contributed by atoms with Crippen molar-refractivity contribution in [2.24, 2.45) is 0 Å². The summed E-state index contributed by atoms with van der Waals surface area (Å²) in [4.78, 5) is 0. The van der Waals surface area contributed by atoms with E-state index in [9.17, 15) is 8.42 Å². The lowest BCUT2D eigenvalue weighted by Crippen LogP contribution is -2.58. The normalized spacial score (nSPS) is 34.9. The molecule has 0 amide bonds. The minimum atomic E-state index is -3.18. The van der Waals surface area contributed by atoms with Gasteiger partial charge in [0, 0.05) is 31.8 Å². The molecule has 2 aliphatic rings. The van der Waals surface area contributed by atoms with Crippen molar-refractivity contribution in [2.45, 2.75) is 44.0 Å². The molecular formula is C11H23ClN2O3S. The number of hydrogen-bond donors (Lipinski definition) is 1. The molecule has 2 fully saturated rings. The van der Waals surface area contributed by atoms with E-state index in [1.807, 2.05) is 13.8 Å². The van der Waals surface area contributed by atoms with Gasteiger partial charge in [-0.2, -0.15) is 4.31 Å². The minimum absolute atomic E-state index is 0. The molecule has 7 heteroatoms. The number of rotatable bonds is 2. The molecule has 0 aromatic rings. The van der Waals surface area contributed by atoms with Crippen LogP contribution in [0.1, 0.15) is 26.7 Å². The van der Waals surface area contributed by atoms with Crippen LogP contribution in [0, 0.1) is 0 Å². The van der Waals surface area contributed by atoms with Crippen molar-refractivity contribution in [2.75, 3.05) is 26.3 Å². The van der Waals surface area contributed by atoms with Crippen molar-refractivity contribution in [3.05, 3.63) is 0 Å². The molecule has 0 bridgehead atoms. The van der Waals surface area contributed by atoms with Gasteiger partial charge in [-0.15, -0.1) is 12.4 Å². The summed E-state index contributed by atoms with van der Waals surface area (Å²) in [5.41, 5.74) is 0. The molecule has 2 rings (SSSR count). The van der Waals surface area contributed by atoms with Crippen LogP contribution in [0.2, 0.25) is 0 Å². The Kier molecular flexibility index (Phi) is 5.86. The van der Waals surface area contributed by atoms with Crippen molar-refractivity contribution in [3.8, 4) is 0 Å². The van der Waals surface area contributed by atoms with Gasteiger partial charge in [-0.3, -0.25) is 0 Å². The van der Waals surface area contributed by atoms with Crippen molar-refractivity contribution >= 4 is 22.4 Å². The van der Waals surface area contributed by atoms with Crippen LogP contribution in [0.25, 0.3) is 0 Å². The zero-order chi connectivity index (χ0) is 12.5. The Labute approximate surface area is 116 Å². The fourth-order valence-corrected chi connectivity index (χ4v) is 4.66. The third kappa shape index (κ3) is 3.57. The van der Waals surface area contributed by atoms with Gasteiger partial charge in [-0.1, -0.05) is 0 Å². The highest BCUT2D eigenvalue weighted by Crippen LogP contribution is 2.20. The molecular weight excluding hydrogens is 276 g/mol. The number of nitrogens with one attached hydrogen (secondary N) is 1. The molecule has 3 atom stereocenters. The van der Waals surface area contributed by atoms with Crippen molar-refractivity contribution < 1.29 is 13.2 Å². The lowest BCUT2D eigenvalue weighted by atomic mass is 10.2. The number of sulfonamides is 1. The van der Waals surface area contributed by atoms with Gasteiger partial charge < -0.3 is 10.1 Å². The van der Waals surface area contributed by atoms with Gasteiger partial charge in [-0.25, -0.2) is 8.42 Å². The topological polar surface area (TPSA) is 58.6 Å². The summed E-state index contributed by atoms with van der Waals surface area (Å²) >= 11 is 0. The zero-order valence-corrected chi connectivity index (χ0v) is 12.6. The fourth-order valence-electron chi connectivity index (χ4n) is 2.64. The Morgan fingerprint density at radius 1 is 1.22 bits per heavy atom. The zero-order valence-electron chi connectivity index (χ0n) is 11.0. The summed E-state index contributed by atoms with van der Waals surface area (Å²) in [6.07, 6.45) is 1.58. The average Bonchev–Trinajstić information content (AvgIpc) is 2.29. The smallest absolute Gasteiger partial charge is 0.219 e. The fraction of sp³-hybridized carbons (Fsp3) is 1.00.